The lowest BCUT2D eigenvalue weighted by atomic mass is 9.95. The van der Waals surface area contributed by atoms with E-state index >= 15 is 0 Å². The van der Waals surface area contributed by atoms with Crippen LogP contribution in [0.1, 0.15) is 27.2 Å². The summed E-state index contributed by atoms with van der Waals surface area (Å²) in [7, 11) is 0. The summed E-state index contributed by atoms with van der Waals surface area (Å²) in [5.41, 5.74) is -5.04. The van der Waals surface area contributed by atoms with Gasteiger partial charge in [0.25, 0.3) is 5.60 Å². The summed E-state index contributed by atoms with van der Waals surface area (Å²) in [5.74, 6) is -1.28. The molecule has 138 valence electrons. The minimum atomic E-state index is -6.02. The second-order valence-electron chi connectivity index (χ2n) is 5.01. The van der Waals surface area contributed by atoms with Gasteiger partial charge in [0.05, 0.1) is 0 Å². The molecule has 13 heteroatoms. The molecule has 0 fully saturated rings. The van der Waals surface area contributed by atoms with Crippen molar-refractivity contribution in [2.75, 3.05) is 0 Å². The van der Waals surface area contributed by atoms with Crippen LogP contribution >= 0.6 is 12.0 Å². The quantitative estimate of drug-likeness (QED) is 0.239. The van der Waals surface area contributed by atoms with Crippen molar-refractivity contribution >= 4 is 18.0 Å². The predicted molar refractivity (Wildman–Crippen MR) is 61.1 cm³/mol. The number of alkyl halides is 6. The van der Waals surface area contributed by atoms with Crippen LogP contribution in [0.2, 0.25) is 0 Å². The lowest BCUT2D eigenvalue weighted by Crippen LogP contribution is -2.58. The van der Waals surface area contributed by atoms with Gasteiger partial charge in [-0.1, -0.05) is 0 Å². The Morgan fingerprint density at radius 3 is 1.96 bits per heavy atom. The largest absolute Gasteiger partial charge is 0.691 e. The molecule has 0 aliphatic rings. The minimum absolute atomic E-state index is 0.142. The zero-order valence-corrected chi connectivity index (χ0v) is 12.8. The minimum Gasteiger partial charge on any atom is -0.691 e. The SMILES string of the molecule is CC(CC(O)(C(F)(F)F)C(F)(F)F)OC(=O)C(C)(C)SOO[O-]. The molecule has 1 atom stereocenters. The van der Waals surface area contributed by atoms with E-state index in [1.807, 2.05) is 0 Å². The fraction of sp³-hybridized carbons (Fsp3) is 0.900. The molecule has 0 heterocycles. The fourth-order valence-corrected chi connectivity index (χ4v) is 1.62. The van der Waals surface area contributed by atoms with Gasteiger partial charge in [-0.25, -0.2) is 0 Å². The number of hydrogen-bond acceptors (Lipinski definition) is 7. The molecule has 0 bridgehead atoms. The number of carbonyl (C=O) groups is 1. The van der Waals surface area contributed by atoms with Crippen LogP contribution in [-0.2, 0) is 18.9 Å². The summed E-state index contributed by atoms with van der Waals surface area (Å²) in [6.07, 6.45) is -15.9. The maximum Gasteiger partial charge on any atom is 0.426 e. The van der Waals surface area contributed by atoms with Crippen molar-refractivity contribution in [1.82, 2.24) is 0 Å². The predicted octanol–water partition coefficient (Wildman–Crippen LogP) is 1.81. The van der Waals surface area contributed by atoms with Crippen LogP contribution in [0.4, 0.5) is 26.3 Å². The average molecular weight is 375 g/mol. The van der Waals surface area contributed by atoms with Gasteiger partial charge in [0.15, 0.2) is 0 Å². The van der Waals surface area contributed by atoms with Crippen molar-refractivity contribution < 1.29 is 55.6 Å². The monoisotopic (exact) mass is 375 g/mol. The second kappa shape index (κ2) is 7.42. The highest BCUT2D eigenvalue weighted by Crippen LogP contribution is 2.46. The van der Waals surface area contributed by atoms with Gasteiger partial charge in [-0.15, -0.1) is 0 Å². The summed E-state index contributed by atoms with van der Waals surface area (Å²) < 4.78 is 81.7. The molecule has 0 saturated carbocycles. The van der Waals surface area contributed by atoms with Gasteiger partial charge < -0.3 is 15.1 Å². The Hall–Kier alpha value is -0.760. The third kappa shape index (κ3) is 5.67. The zero-order valence-electron chi connectivity index (χ0n) is 11.9. The highest BCUT2D eigenvalue weighted by atomic mass is 32.2. The van der Waals surface area contributed by atoms with E-state index in [-0.39, 0.29) is 12.0 Å². The molecule has 0 aromatic carbocycles. The lowest BCUT2D eigenvalue weighted by molar-refractivity contribution is -0.777. The summed E-state index contributed by atoms with van der Waals surface area (Å²) in [6, 6.07) is 0. The van der Waals surface area contributed by atoms with E-state index < -0.39 is 41.2 Å². The summed E-state index contributed by atoms with van der Waals surface area (Å²) in [6.45, 7) is 2.98. The molecule has 1 unspecified atom stereocenters. The molecule has 6 nitrogen and oxygen atoms in total. The Morgan fingerprint density at radius 2 is 1.61 bits per heavy atom. The summed E-state index contributed by atoms with van der Waals surface area (Å²) in [4.78, 5) is 11.6. The zero-order chi connectivity index (χ0) is 18.7. The molecule has 0 aliphatic carbocycles. The van der Waals surface area contributed by atoms with Gasteiger partial charge in [0.1, 0.15) is 10.9 Å². The molecule has 0 spiro atoms. The first-order valence-electron chi connectivity index (χ1n) is 5.79. The van der Waals surface area contributed by atoms with Gasteiger partial charge in [-0.05, 0) is 20.8 Å². The van der Waals surface area contributed by atoms with E-state index in [0.29, 0.717) is 0 Å². The van der Waals surface area contributed by atoms with Crippen LogP contribution in [0.15, 0.2) is 0 Å². The average Bonchev–Trinajstić information content (AvgIpc) is 2.33. The molecule has 1 N–H and O–H groups in total. The lowest BCUT2D eigenvalue weighted by Gasteiger charge is -2.34. The molecule has 0 radical (unpaired) electrons. The van der Waals surface area contributed by atoms with Crippen LogP contribution in [-0.4, -0.2) is 39.9 Å². The molecule has 0 aromatic heterocycles. The Morgan fingerprint density at radius 1 is 1.17 bits per heavy atom. The number of ether oxygens (including phenoxy) is 1. The van der Waals surface area contributed by atoms with E-state index in [0.717, 1.165) is 20.8 Å². The van der Waals surface area contributed by atoms with Crippen LogP contribution in [0, 0.1) is 0 Å². The van der Waals surface area contributed by atoms with E-state index in [1.54, 1.807) is 0 Å². The van der Waals surface area contributed by atoms with Crippen molar-refractivity contribution in [3.05, 3.63) is 0 Å². The van der Waals surface area contributed by atoms with Crippen molar-refractivity contribution in [2.24, 2.45) is 0 Å². The molecule has 0 saturated heterocycles. The second-order valence-corrected chi connectivity index (χ2v) is 6.33. The van der Waals surface area contributed by atoms with Crippen LogP contribution in [0.25, 0.3) is 0 Å². The summed E-state index contributed by atoms with van der Waals surface area (Å²) in [5, 5.41) is 21.6. The number of rotatable bonds is 7. The molecule has 0 amide bonds. The number of aliphatic hydroxyl groups is 1. The highest BCUT2D eigenvalue weighted by molar-refractivity contribution is 7.96. The van der Waals surface area contributed by atoms with Gasteiger partial charge in [-0.3, -0.25) is 9.83 Å². The Labute approximate surface area is 130 Å². The van der Waals surface area contributed by atoms with Crippen LogP contribution in [0.3, 0.4) is 0 Å². The number of hydrogen-bond donors (Lipinski definition) is 1. The van der Waals surface area contributed by atoms with E-state index in [4.69, 9.17) is 5.11 Å². The first-order valence-corrected chi connectivity index (χ1v) is 6.54. The van der Waals surface area contributed by atoms with Crippen molar-refractivity contribution in [2.45, 2.75) is 56.0 Å². The smallest absolute Gasteiger partial charge is 0.426 e. The van der Waals surface area contributed by atoms with Gasteiger partial charge >= 0.3 is 18.3 Å². The Kier molecular flexibility index (Phi) is 7.18. The molecule has 0 aromatic rings. The standard InChI is InChI=1S/C10H14F6O6S/c1-5(20-6(17)7(2,3)23-22-21-19)4-8(18,9(11,12)13)10(14,15)16/h5,18-19H,4H2,1-3H3/p-1. The van der Waals surface area contributed by atoms with Gasteiger partial charge in [0, 0.05) is 18.5 Å². The molecular formula is C10H13F6O6S-. The van der Waals surface area contributed by atoms with Gasteiger partial charge in [-0.2, -0.15) is 30.7 Å². The maximum atomic E-state index is 12.5. The number of halogens is 6. The van der Waals surface area contributed by atoms with Crippen LogP contribution in [0.5, 0.6) is 0 Å². The van der Waals surface area contributed by atoms with E-state index in [9.17, 15) is 36.4 Å². The number of esters is 1. The van der Waals surface area contributed by atoms with Crippen molar-refractivity contribution in [1.29, 1.82) is 0 Å². The highest BCUT2D eigenvalue weighted by Gasteiger charge is 2.70. The maximum absolute atomic E-state index is 12.5. The summed E-state index contributed by atoms with van der Waals surface area (Å²) >= 11 is 0.142. The van der Waals surface area contributed by atoms with E-state index in [1.165, 1.54) is 0 Å². The molecular weight excluding hydrogens is 362 g/mol. The third-order valence-electron chi connectivity index (χ3n) is 2.59. The molecule has 0 rings (SSSR count). The normalized spacial score (nSPS) is 15.4. The van der Waals surface area contributed by atoms with E-state index in [2.05, 4.69) is 14.1 Å². The first kappa shape index (κ1) is 22.2. The van der Waals surface area contributed by atoms with Crippen LogP contribution < -0.4 is 5.26 Å². The van der Waals surface area contributed by atoms with Gasteiger partial charge in [0.2, 0.25) is 0 Å². The third-order valence-corrected chi connectivity index (χ3v) is 3.30. The van der Waals surface area contributed by atoms with Crippen molar-refractivity contribution in [3.8, 4) is 0 Å². The fourth-order valence-electron chi connectivity index (χ4n) is 1.31. The topological polar surface area (TPSA) is 88.1 Å². The molecule has 0 aliphatic heterocycles. The first-order chi connectivity index (χ1) is 10.1. The Bertz CT molecular complexity index is 396. The number of carbonyl (C=O) groups excluding carboxylic acids is 1. The van der Waals surface area contributed by atoms with Crippen molar-refractivity contribution in [3.63, 3.8) is 0 Å². The Balaban J connectivity index is 5.05. The molecule has 23 heavy (non-hydrogen) atoms.